The molecule has 0 saturated carbocycles. The van der Waals surface area contributed by atoms with Gasteiger partial charge in [-0.05, 0) is 12.1 Å². The molecule has 0 bridgehead atoms. The van der Waals surface area contributed by atoms with Crippen LogP contribution in [0.1, 0.15) is 18.1 Å². The lowest BCUT2D eigenvalue weighted by molar-refractivity contribution is -0.166. The van der Waals surface area contributed by atoms with Crippen LogP contribution < -0.4 is 0 Å². The molecule has 14 heavy (non-hydrogen) atoms. The van der Waals surface area contributed by atoms with E-state index >= 15 is 0 Å². The molecule has 0 aliphatic carbocycles. The van der Waals surface area contributed by atoms with Crippen molar-refractivity contribution in [1.29, 1.82) is 0 Å². The maximum Gasteiger partial charge on any atom is 0.399 e. The molecule has 0 fully saturated rings. The fourth-order valence-corrected chi connectivity index (χ4v) is 1.04. The third-order valence-corrected chi connectivity index (χ3v) is 1.66. The summed E-state index contributed by atoms with van der Waals surface area (Å²) in [5.74, 6) is -3.96. The molecule has 3 nitrogen and oxygen atoms in total. The summed E-state index contributed by atoms with van der Waals surface area (Å²) in [5.41, 5.74) is 0. The zero-order valence-corrected chi connectivity index (χ0v) is 6.91. The van der Waals surface area contributed by atoms with Gasteiger partial charge in [-0.15, -0.1) is 0 Å². The Morgan fingerprint density at radius 1 is 1.57 bits per heavy atom. The molecule has 0 radical (unpaired) electrons. The molecule has 1 N–H and O–H groups in total. The van der Waals surface area contributed by atoms with Crippen LogP contribution in [0.3, 0.4) is 0 Å². The van der Waals surface area contributed by atoms with Gasteiger partial charge in [0.1, 0.15) is 11.7 Å². The number of hydrogen-bond acceptors (Lipinski definition) is 2. The molecule has 1 aromatic heterocycles. The van der Waals surface area contributed by atoms with E-state index in [2.05, 4.69) is 4.42 Å². The predicted octanol–water partition coefficient (Wildman–Crippen LogP) is 2.40. The highest BCUT2D eigenvalue weighted by molar-refractivity contribution is 5.68. The molecule has 1 rings (SSSR count). The van der Waals surface area contributed by atoms with E-state index in [9.17, 15) is 18.0 Å². The van der Waals surface area contributed by atoms with Gasteiger partial charge in [-0.3, -0.25) is 4.79 Å². The quantitative estimate of drug-likeness (QED) is 0.829. The van der Waals surface area contributed by atoms with Gasteiger partial charge in [0.05, 0.1) is 12.7 Å². The minimum atomic E-state index is -4.60. The van der Waals surface area contributed by atoms with Crippen LogP contribution in [0, 0.1) is 0 Å². The van der Waals surface area contributed by atoms with E-state index in [0.717, 1.165) is 12.3 Å². The molecule has 0 spiro atoms. The van der Waals surface area contributed by atoms with Gasteiger partial charge in [-0.25, -0.2) is 0 Å². The molecular formula is C8H7F3O3. The summed E-state index contributed by atoms with van der Waals surface area (Å²) < 4.78 is 41.5. The lowest BCUT2D eigenvalue weighted by Gasteiger charge is -2.15. The van der Waals surface area contributed by atoms with Crippen LogP contribution in [0.15, 0.2) is 22.8 Å². The molecule has 1 atom stereocenters. The van der Waals surface area contributed by atoms with Crippen LogP contribution >= 0.6 is 0 Å². The van der Waals surface area contributed by atoms with E-state index in [1.807, 2.05) is 0 Å². The number of alkyl halides is 3. The molecule has 0 saturated heterocycles. The number of halogens is 3. The molecule has 6 heteroatoms. The maximum atomic E-state index is 12.3. The minimum Gasteiger partial charge on any atom is -0.481 e. The summed E-state index contributed by atoms with van der Waals surface area (Å²) in [6, 6.07) is 2.40. The van der Waals surface area contributed by atoms with E-state index in [1.54, 1.807) is 0 Å². The number of carboxylic acids is 1. The molecule has 1 aromatic rings. The monoisotopic (exact) mass is 208 g/mol. The largest absolute Gasteiger partial charge is 0.481 e. The van der Waals surface area contributed by atoms with Crippen molar-refractivity contribution in [2.45, 2.75) is 18.5 Å². The number of carboxylic acid groups (broad SMARTS) is 1. The lowest BCUT2D eigenvalue weighted by atomic mass is 10.0. The Labute approximate surface area is 77.1 Å². The molecule has 0 amide bonds. The van der Waals surface area contributed by atoms with Crippen molar-refractivity contribution in [2.75, 3.05) is 0 Å². The SMILES string of the molecule is O=C(O)C[C@H](c1ccco1)C(F)(F)F. The summed E-state index contributed by atoms with van der Waals surface area (Å²) in [4.78, 5) is 10.2. The highest BCUT2D eigenvalue weighted by Crippen LogP contribution is 2.37. The first-order valence-electron chi connectivity index (χ1n) is 3.73. The molecule has 0 aliphatic heterocycles. The van der Waals surface area contributed by atoms with Crippen LogP contribution in [0.5, 0.6) is 0 Å². The number of hydrogen-bond donors (Lipinski definition) is 1. The van der Waals surface area contributed by atoms with Crippen molar-refractivity contribution < 1.29 is 27.5 Å². The molecule has 0 aliphatic rings. The summed E-state index contributed by atoms with van der Waals surface area (Å²) in [6.07, 6.45) is -4.54. The summed E-state index contributed by atoms with van der Waals surface area (Å²) >= 11 is 0. The second-order valence-electron chi connectivity index (χ2n) is 2.71. The molecule has 78 valence electrons. The normalized spacial score (nSPS) is 13.9. The van der Waals surface area contributed by atoms with Crippen molar-refractivity contribution in [1.82, 2.24) is 0 Å². The topological polar surface area (TPSA) is 50.4 Å². The van der Waals surface area contributed by atoms with E-state index < -0.39 is 24.5 Å². The van der Waals surface area contributed by atoms with Gasteiger partial charge >= 0.3 is 12.1 Å². The van der Waals surface area contributed by atoms with Crippen molar-refractivity contribution >= 4 is 5.97 Å². The molecule has 1 heterocycles. The number of rotatable bonds is 3. The molecular weight excluding hydrogens is 201 g/mol. The third-order valence-electron chi connectivity index (χ3n) is 1.66. The molecule has 0 aromatic carbocycles. The Balaban J connectivity index is 2.89. The van der Waals surface area contributed by atoms with Crippen molar-refractivity contribution in [3.05, 3.63) is 24.2 Å². The Morgan fingerprint density at radius 2 is 2.21 bits per heavy atom. The van der Waals surface area contributed by atoms with Crippen LogP contribution in [-0.4, -0.2) is 17.3 Å². The van der Waals surface area contributed by atoms with Gasteiger partial charge in [0.15, 0.2) is 0 Å². The van der Waals surface area contributed by atoms with Crippen LogP contribution in [0.4, 0.5) is 13.2 Å². The molecule has 0 unspecified atom stereocenters. The predicted molar refractivity (Wildman–Crippen MR) is 39.8 cm³/mol. The fraction of sp³-hybridized carbons (Fsp3) is 0.375. The number of furan rings is 1. The van der Waals surface area contributed by atoms with Gasteiger partial charge in [-0.1, -0.05) is 0 Å². The maximum absolute atomic E-state index is 12.3. The third kappa shape index (κ3) is 2.51. The van der Waals surface area contributed by atoms with E-state index in [0.29, 0.717) is 0 Å². The number of aliphatic carboxylic acids is 1. The number of carbonyl (C=O) groups is 1. The lowest BCUT2D eigenvalue weighted by Crippen LogP contribution is -2.23. The van der Waals surface area contributed by atoms with Crippen molar-refractivity contribution in [3.8, 4) is 0 Å². The van der Waals surface area contributed by atoms with Crippen LogP contribution in [-0.2, 0) is 4.79 Å². The van der Waals surface area contributed by atoms with Crippen molar-refractivity contribution in [2.24, 2.45) is 0 Å². The second-order valence-corrected chi connectivity index (χ2v) is 2.71. The summed E-state index contributed by atoms with van der Waals surface area (Å²) in [6.45, 7) is 0. The Bertz CT molecular complexity index is 302. The van der Waals surface area contributed by atoms with Crippen molar-refractivity contribution in [3.63, 3.8) is 0 Å². The Kier molecular flexibility index (Phi) is 2.83. The Hall–Kier alpha value is -1.46. The highest BCUT2D eigenvalue weighted by Gasteiger charge is 2.43. The van der Waals surface area contributed by atoms with Gasteiger partial charge < -0.3 is 9.52 Å². The first kappa shape index (κ1) is 10.6. The van der Waals surface area contributed by atoms with E-state index in [4.69, 9.17) is 5.11 Å². The first-order chi connectivity index (χ1) is 6.41. The van der Waals surface area contributed by atoms with E-state index in [-0.39, 0.29) is 5.76 Å². The Morgan fingerprint density at radius 3 is 2.57 bits per heavy atom. The smallest absolute Gasteiger partial charge is 0.399 e. The van der Waals surface area contributed by atoms with Gasteiger partial charge in [-0.2, -0.15) is 13.2 Å². The van der Waals surface area contributed by atoms with E-state index in [1.165, 1.54) is 6.07 Å². The van der Waals surface area contributed by atoms with Gasteiger partial charge in [0.25, 0.3) is 0 Å². The highest BCUT2D eigenvalue weighted by atomic mass is 19.4. The average Bonchev–Trinajstić information content (AvgIpc) is 2.49. The fourth-order valence-electron chi connectivity index (χ4n) is 1.04. The first-order valence-corrected chi connectivity index (χ1v) is 3.73. The average molecular weight is 208 g/mol. The van der Waals surface area contributed by atoms with Gasteiger partial charge in [0, 0.05) is 0 Å². The summed E-state index contributed by atoms with van der Waals surface area (Å²) in [5, 5.41) is 8.30. The minimum absolute atomic E-state index is 0.375. The zero-order valence-electron chi connectivity index (χ0n) is 6.91. The summed E-state index contributed by atoms with van der Waals surface area (Å²) in [7, 11) is 0. The second kappa shape index (κ2) is 3.73. The van der Waals surface area contributed by atoms with Crippen LogP contribution in [0.25, 0.3) is 0 Å². The standard InChI is InChI=1S/C8H7F3O3/c9-8(10,11)5(4-7(12)13)6-2-1-3-14-6/h1-3,5H,4H2,(H,12,13)/t5-/m1/s1. The van der Waals surface area contributed by atoms with Gasteiger partial charge in [0.2, 0.25) is 0 Å². The van der Waals surface area contributed by atoms with Crippen LogP contribution in [0.2, 0.25) is 0 Å². The zero-order chi connectivity index (χ0) is 10.8.